The molecule has 1 aromatic heterocycles. The zero-order valence-electron chi connectivity index (χ0n) is 13.3. The molecule has 0 saturated carbocycles. The molecule has 1 heterocycles. The third-order valence-electron chi connectivity index (χ3n) is 2.94. The van der Waals surface area contributed by atoms with Gasteiger partial charge >= 0.3 is 0 Å². The average Bonchev–Trinajstić information content (AvgIpc) is 3.01. The smallest absolute Gasteiger partial charge is 0.270 e. The molecule has 118 valence electrons. The Morgan fingerprint density at radius 3 is 2.95 bits per heavy atom. The average molecular weight is 318 g/mol. The summed E-state index contributed by atoms with van der Waals surface area (Å²) in [6.45, 7) is 7.61. The van der Waals surface area contributed by atoms with Crippen LogP contribution >= 0.6 is 11.3 Å². The van der Waals surface area contributed by atoms with Crippen molar-refractivity contribution in [3.8, 4) is 16.3 Å². The number of amides is 1. The van der Waals surface area contributed by atoms with Gasteiger partial charge in [-0.05, 0) is 24.5 Å². The lowest BCUT2D eigenvalue weighted by atomic mass is 10.2. The maximum atomic E-state index is 11.9. The number of rotatable bonds is 7. The zero-order valence-corrected chi connectivity index (χ0v) is 14.1. The van der Waals surface area contributed by atoms with Crippen LogP contribution in [0.1, 0.15) is 37.7 Å². The highest BCUT2D eigenvalue weighted by atomic mass is 32.1. The van der Waals surface area contributed by atoms with Gasteiger partial charge in [0.15, 0.2) is 0 Å². The van der Waals surface area contributed by atoms with Crippen LogP contribution in [0.2, 0.25) is 0 Å². The van der Waals surface area contributed by atoms with Crippen LogP contribution in [0.3, 0.4) is 0 Å². The minimum atomic E-state index is -0.114. The standard InChI is InChI=1S/C17H22N2O2S/c1-4-8-18-16(20)15-11-22-17(19-15)13-6-5-7-14(9-13)21-10-12(2)3/h5-7,9,11-12H,4,8,10H2,1-3H3,(H,18,20). The molecule has 0 radical (unpaired) electrons. The fourth-order valence-corrected chi connectivity index (χ4v) is 2.62. The number of nitrogens with zero attached hydrogens (tertiary/aromatic N) is 1. The summed E-state index contributed by atoms with van der Waals surface area (Å²) in [6, 6.07) is 7.83. The van der Waals surface area contributed by atoms with Crippen molar-refractivity contribution in [2.24, 2.45) is 5.92 Å². The Labute approximate surface area is 135 Å². The molecule has 4 nitrogen and oxygen atoms in total. The van der Waals surface area contributed by atoms with Crippen LogP contribution in [0.4, 0.5) is 0 Å². The van der Waals surface area contributed by atoms with E-state index in [1.54, 1.807) is 5.38 Å². The van der Waals surface area contributed by atoms with Crippen molar-refractivity contribution in [2.75, 3.05) is 13.2 Å². The minimum absolute atomic E-state index is 0.114. The van der Waals surface area contributed by atoms with Gasteiger partial charge in [0.25, 0.3) is 5.91 Å². The van der Waals surface area contributed by atoms with Crippen molar-refractivity contribution in [1.29, 1.82) is 0 Å². The van der Waals surface area contributed by atoms with E-state index < -0.39 is 0 Å². The van der Waals surface area contributed by atoms with Crippen molar-refractivity contribution in [3.05, 3.63) is 35.3 Å². The molecule has 0 spiro atoms. The number of hydrogen-bond donors (Lipinski definition) is 1. The highest BCUT2D eigenvalue weighted by molar-refractivity contribution is 7.13. The molecule has 0 aliphatic heterocycles. The van der Waals surface area contributed by atoms with Crippen LogP contribution in [-0.4, -0.2) is 24.0 Å². The molecular weight excluding hydrogens is 296 g/mol. The number of aromatic nitrogens is 1. The number of thiazole rings is 1. The molecule has 22 heavy (non-hydrogen) atoms. The highest BCUT2D eigenvalue weighted by Crippen LogP contribution is 2.27. The number of carbonyl (C=O) groups excluding carboxylic acids is 1. The first-order valence-electron chi connectivity index (χ1n) is 7.57. The van der Waals surface area contributed by atoms with E-state index >= 15 is 0 Å². The number of nitrogens with one attached hydrogen (secondary N) is 1. The molecule has 2 aromatic rings. The van der Waals surface area contributed by atoms with Gasteiger partial charge in [0, 0.05) is 17.5 Å². The highest BCUT2D eigenvalue weighted by Gasteiger charge is 2.11. The summed E-state index contributed by atoms with van der Waals surface area (Å²) >= 11 is 1.47. The number of benzene rings is 1. The third kappa shape index (κ3) is 4.56. The second kappa shape index (κ2) is 7.94. The van der Waals surface area contributed by atoms with E-state index in [1.165, 1.54) is 11.3 Å². The molecule has 0 atom stereocenters. The fourth-order valence-electron chi connectivity index (χ4n) is 1.82. The molecule has 0 aliphatic carbocycles. The topological polar surface area (TPSA) is 51.2 Å². The van der Waals surface area contributed by atoms with E-state index in [0.717, 1.165) is 22.7 Å². The predicted molar refractivity (Wildman–Crippen MR) is 90.5 cm³/mol. The molecule has 2 rings (SSSR count). The molecule has 5 heteroatoms. The van der Waals surface area contributed by atoms with Gasteiger partial charge in [-0.15, -0.1) is 11.3 Å². The summed E-state index contributed by atoms with van der Waals surface area (Å²) in [5.74, 6) is 1.20. The Morgan fingerprint density at radius 1 is 1.41 bits per heavy atom. The third-order valence-corrected chi connectivity index (χ3v) is 3.83. The molecule has 0 fully saturated rings. The molecule has 0 saturated heterocycles. The Hall–Kier alpha value is -1.88. The van der Waals surface area contributed by atoms with Crippen LogP contribution < -0.4 is 10.1 Å². The second-order valence-corrected chi connectivity index (χ2v) is 6.38. The van der Waals surface area contributed by atoms with Crippen LogP contribution in [0, 0.1) is 5.92 Å². The summed E-state index contributed by atoms with van der Waals surface area (Å²) in [5.41, 5.74) is 1.45. The lowest BCUT2D eigenvalue weighted by molar-refractivity contribution is 0.0949. The van der Waals surface area contributed by atoms with Gasteiger partial charge in [-0.1, -0.05) is 32.9 Å². The van der Waals surface area contributed by atoms with E-state index in [9.17, 15) is 4.79 Å². The van der Waals surface area contributed by atoms with Crippen LogP contribution in [0.5, 0.6) is 5.75 Å². The van der Waals surface area contributed by atoms with E-state index in [2.05, 4.69) is 24.1 Å². The van der Waals surface area contributed by atoms with Crippen LogP contribution in [0.15, 0.2) is 29.6 Å². The largest absolute Gasteiger partial charge is 0.493 e. The first kappa shape index (κ1) is 16.5. The van der Waals surface area contributed by atoms with Gasteiger partial charge in [-0.3, -0.25) is 4.79 Å². The van der Waals surface area contributed by atoms with Gasteiger partial charge in [-0.2, -0.15) is 0 Å². The first-order valence-corrected chi connectivity index (χ1v) is 8.45. The number of ether oxygens (including phenoxy) is 1. The summed E-state index contributed by atoms with van der Waals surface area (Å²) in [5, 5.41) is 5.46. The van der Waals surface area contributed by atoms with Gasteiger partial charge in [0.2, 0.25) is 0 Å². The van der Waals surface area contributed by atoms with Crippen LogP contribution in [0.25, 0.3) is 10.6 Å². The zero-order chi connectivity index (χ0) is 15.9. The van der Waals surface area contributed by atoms with E-state index in [1.807, 2.05) is 31.2 Å². The molecular formula is C17H22N2O2S. The quantitative estimate of drug-likeness (QED) is 0.840. The van der Waals surface area contributed by atoms with Gasteiger partial charge in [-0.25, -0.2) is 4.98 Å². The Bertz CT molecular complexity index is 623. The summed E-state index contributed by atoms with van der Waals surface area (Å²) in [6.07, 6.45) is 0.915. The monoisotopic (exact) mass is 318 g/mol. The molecule has 0 bridgehead atoms. The Kier molecular flexibility index (Phi) is 5.95. The lowest BCUT2D eigenvalue weighted by Gasteiger charge is -2.09. The molecule has 1 aromatic carbocycles. The Balaban J connectivity index is 2.10. The van der Waals surface area contributed by atoms with Crippen molar-refractivity contribution in [3.63, 3.8) is 0 Å². The minimum Gasteiger partial charge on any atom is -0.493 e. The van der Waals surface area contributed by atoms with E-state index in [4.69, 9.17) is 4.74 Å². The van der Waals surface area contributed by atoms with E-state index in [-0.39, 0.29) is 5.91 Å². The molecule has 1 amide bonds. The maximum Gasteiger partial charge on any atom is 0.270 e. The predicted octanol–water partition coefficient (Wildman–Crippen LogP) is 3.98. The van der Waals surface area contributed by atoms with Crippen molar-refractivity contribution >= 4 is 17.2 Å². The maximum absolute atomic E-state index is 11.9. The molecule has 1 N–H and O–H groups in total. The summed E-state index contributed by atoms with van der Waals surface area (Å²) in [7, 11) is 0. The summed E-state index contributed by atoms with van der Waals surface area (Å²) in [4.78, 5) is 16.3. The molecule has 0 unspecified atom stereocenters. The Morgan fingerprint density at radius 2 is 2.23 bits per heavy atom. The van der Waals surface area contributed by atoms with E-state index in [0.29, 0.717) is 24.8 Å². The van der Waals surface area contributed by atoms with Crippen molar-refractivity contribution in [2.45, 2.75) is 27.2 Å². The SMILES string of the molecule is CCCNC(=O)c1csc(-c2cccc(OCC(C)C)c2)n1. The van der Waals surface area contributed by atoms with Crippen molar-refractivity contribution in [1.82, 2.24) is 10.3 Å². The van der Waals surface area contributed by atoms with Gasteiger partial charge < -0.3 is 10.1 Å². The van der Waals surface area contributed by atoms with Crippen LogP contribution in [-0.2, 0) is 0 Å². The second-order valence-electron chi connectivity index (χ2n) is 5.53. The fraction of sp³-hybridized carbons (Fsp3) is 0.412. The van der Waals surface area contributed by atoms with Gasteiger partial charge in [0.05, 0.1) is 6.61 Å². The lowest BCUT2D eigenvalue weighted by Crippen LogP contribution is -2.24. The van der Waals surface area contributed by atoms with Crippen molar-refractivity contribution < 1.29 is 9.53 Å². The first-order chi connectivity index (χ1) is 10.6. The normalized spacial score (nSPS) is 10.7. The summed E-state index contributed by atoms with van der Waals surface area (Å²) < 4.78 is 5.73. The number of hydrogen-bond acceptors (Lipinski definition) is 4. The number of carbonyl (C=O) groups is 1. The molecule has 0 aliphatic rings. The van der Waals surface area contributed by atoms with Gasteiger partial charge in [0.1, 0.15) is 16.5 Å².